The predicted octanol–water partition coefficient (Wildman–Crippen LogP) is -1.04. The number of phosphoric acid groups is 1. The van der Waals surface area contributed by atoms with Gasteiger partial charge in [0.25, 0.3) is 0 Å². The fourth-order valence-electron chi connectivity index (χ4n) is 0.514. The Morgan fingerprint density at radius 2 is 2.00 bits per heavy atom. The van der Waals surface area contributed by atoms with Crippen LogP contribution in [0.15, 0.2) is 12.2 Å². The van der Waals surface area contributed by atoms with E-state index in [1.807, 2.05) is 0 Å². The van der Waals surface area contributed by atoms with Gasteiger partial charge in [-0.05, 0) is 13.8 Å². The van der Waals surface area contributed by atoms with Gasteiger partial charge in [-0.25, -0.2) is 4.79 Å². The smallest absolute Gasteiger partial charge is 0.790 e. The van der Waals surface area contributed by atoms with Crippen molar-refractivity contribution in [1.82, 2.24) is 0 Å². The number of rotatable bonds is 5. The molecule has 82 valence electrons. The Hall–Kier alpha value is 0.580. The normalized spacial score (nSPS) is 12.5. The van der Waals surface area contributed by atoms with Gasteiger partial charge in [0.05, 0.1) is 14.4 Å². The summed E-state index contributed by atoms with van der Waals surface area (Å²) in [6, 6.07) is 0. The van der Waals surface area contributed by atoms with Crippen molar-refractivity contribution in [3.8, 4) is 0 Å². The van der Waals surface area contributed by atoms with Gasteiger partial charge in [0.1, 0.15) is 6.10 Å². The van der Waals surface area contributed by atoms with E-state index in [0.717, 1.165) is 0 Å². The Bertz CT molecular complexity index is 273. The Labute approximate surface area is 118 Å². The molecule has 0 heterocycles. The van der Waals surface area contributed by atoms with E-state index in [0.29, 0.717) is 0 Å². The first kappa shape index (κ1) is 18.0. The van der Waals surface area contributed by atoms with Crippen molar-refractivity contribution in [2.24, 2.45) is 0 Å². The van der Waals surface area contributed by atoms with E-state index >= 15 is 0 Å². The van der Waals surface area contributed by atoms with Crippen LogP contribution in [0, 0.1) is 0 Å². The summed E-state index contributed by atoms with van der Waals surface area (Å²) in [7, 11) is -5.00. The van der Waals surface area contributed by atoms with Crippen LogP contribution in [-0.4, -0.2) is 56.4 Å². The maximum Gasteiger partial charge on any atom is 2.00 e. The summed E-state index contributed by atoms with van der Waals surface area (Å²) in [5.74, 6) is -0.660. The van der Waals surface area contributed by atoms with Crippen molar-refractivity contribution in [2.45, 2.75) is 20.0 Å². The molecule has 0 aliphatic rings. The Balaban J connectivity index is 0. The van der Waals surface area contributed by atoms with E-state index in [1.165, 1.54) is 13.8 Å². The third-order valence-electron chi connectivity index (χ3n) is 1.12. The van der Waals surface area contributed by atoms with Gasteiger partial charge in [-0.2, -0.15) is 0 Å². The van der Waals surface area contributed by atoms with Crippen molar-refractivity contribution in [3.05, 3.63) is 12.2 Å². The minimum absolute atomic E-state index is 0. The van der Waals surface area contributed by atoms with Crippen molar-refractivity contribution < 1.29 is 28.4 Å². The molecule has 0 aliphatic heterocycles. The van der Waals surface area contributed by atoms with E-state index < -0.39 is 26.5 Å². The summed E-state index contributed by atoms with van der Waals surface area (Å²) in [6.45, 7) is 5.69. The summed E-state index contributed by atoms with van der Waals surface area (Å²) in [5, 5.41) is 0. The molecule has 0 N–H and O–H groups in total. The third-order valence-corrected chi connectivity index (χ3v) is 1.59. The Morgan fingerprint density at radius 1 is 1.53 bits per heavy atom. The summed E-state index contributed by atoms with van der Waals surface area (Å²) in [6.07, 6.45) is -0.810. The monoisotopic (exact) mass is 262 g/mol. The van der Waals surface area contributed by atoms with Gasteiger partial charge in [-0.1, -0.05) is 6.58 Å². The molecule has 0 aromatic carbocycles. The van der Waals surface area contributed by atoms with Crippen LogP contribution in [0.2, 0.25) is 0 Å². The molecule has 0 spiro atoms. The number of hydrogen-bond donors (Lipinski definition) is 0. The third kappa shape index (κ3) is 10.9. The van der Waals surface area contributed by atoms with Gasteiger partial charge in [-0.3, -0.25) is 0 Å². The van der Waals surface area contributed by atoms with E-state index in [9.17, 15) is 19.1 Å². The molecule has 1 unspecified atom stereocenters. The summed E-state index contributed by atoms with van der Waals surface area (Å²) >= 11 is 0. The van der Waals surface area contributed by atoms with E-state index in [2.05, 4.69) is 15.8 Å². The van der Waals surface area contributed by atoms with Crippen LogP contribution in [0.25, 0.3) is 0 Å². The number of phosphoric ester groups is 1. The molecule has 1 atom stereocenters. The fourth-order valence-corrected chi connectivity index (χ4v) is 0.906. The average molecular weight is 262 g/mol. The molecule has 0 rings (SSSR count). The zero-order valence-electron chi connectivity index (χ0n) is 8.60. The van der Waals surface area contributed by atoms with Gasteiger partial charge in [0, 0.05) is 5.57 Å². The molecule has 6 nitrogen and oxygen atoms in total. The topological polar surface area (TPSA) is 98.7 Å². The van der Waals surface area contributed by atoms with Crippen LogP contribution in [-0.2, 0) is 18.6 Å². The molecule has 0 bridgehead atoms. The van der Waals surface area contributed by atoms with Crippen molar-refractivity contribution in [2.75, 3.05) is 6.61 Å². The van der Waals surface area contributed by atoms with Crippen LogP contribution < -0.4 is 9.79 Å². The largest absolute Gasteiger partial charge is 2.00 e. The number of carbonyl (C=O) groups excluding carboxylic acids is 1. The Morgan fingerprint density at radius 3 is 2.33 bits per heavy atom. The van der Waals surface area contributed by atoms with Crippen LogP contribution in [0.3, 0.4) is 0 Å². The van der Waals surface area contributed by atoms with Crippen molar-refractivity contribution in [1.29, 1.82) is 0 Å². The molecule has 0 saturated carbocycles. The van der Waals surface area contributed by atoms with E-state index in [1.54, 1.807) is 0 Å². The molecule has 15 heavy (non-hydrogen) atoms. The van der Waals surface area contributed by atoms with Gasteiger partial charge >= 0.3 is 43.7 Å². The first-order valence-electron chi connectivity index (χ1n) is 3.75. The summed E-state index contributed by atoms with van der Waals surface area (Å²) in [5.41, 5.74) is 0.185. The molecule has 0 aliphatic carbocycles. The maximum atomic E-state index is 10.9. The minimum atomic E-state index is -5.00. The average Bonchev–Trinajstić information content (AvgIpc) is 1.99. The van der Waals surface area contributed by atoms with E-state index in [-0.39, 0.29) is 43.3 Å². The van der Waals surface area contributed by atoms with Crippen molar-refractivity contribution in [3.63, 3.8) is 0 Å². The fraction of sp³-hybridized carbons (Fsp3) is 0.571. The second-order valence-corrected chi connectivity index (χ2v) is 3.89. The van der Waals surface area contributed by atoms with Crippen LogP contribution in [0.5, 0.6) is 0 Å². The second kappa shape index (κ2) is 7.79. The van der Waals surface area contributed by atoms with Gasteiger partial charge < -0.3 is 23.6 Å². The predicted molar refractivity (Wildman–Crippen MR) is 49.7 cm³/mol. The number of hydrogen-bond acceptors (Lipinski definition) is 6. The molecule has 0 aromatic heterocycles. The first-order chi connectivity index (χ1) is 6.22. The molecule has 0 aromatic rings. The second-order valence-electron chi connectivity index (χ2n) is 2.74. The SMILES string of the molecule is C=C(C)C(=O)OC(C)COP(=O)([O-])[O-].[Ca+2]. The van der Waals surface area contributed by atoms with E-state index in [4.69, 9.17) is 0 Å². The first-order valence-corrected chi connectivity index (χ1v) is 5.21. The molecule has 8 heteroatoms. The number of carbonyl (C=O) groups is 1. The Kier molecular flexibility index (Phi) is 9.32. The van der Waals surface area contributed by atoms with Crippen LogP contribution in [0.4, 0.5) is 0 Å². The molecule has 0 saturated heterocycles. The number of ether oxygens (including phenoxy) is 1. The summed E-state index contributed by atoms with van der Waals surface area (Å²) in [4.78, 5) is 31.0. The molecule has 0 amide bonds. The number of esters is 1. The van der Waals surface area contributed by atoms with Crippen LogP contribution in [0.1, 0.15) is 13.8 Å². The van der Waals surface area contributed by atoms with Crippen molar-refractivity contribution >= 4 is 51.5 Å². The van der Waals surface area contributed by atoms with Crippen LogP contribution >= 0.6 is 7.82 Å². The standard InChI is InChI=1S/C7H13O6P.Ca/c1-5(2)7(8)13-6(3)4-12-14(9,10)11;/h6H,1,4H2,2-3H3,(H2,9,10,11);/q;+2/p-2. The molecule has 0 radical (unpaired) electrons. The molecular formula is C7H11CaO6P. The quantitative estimate of drug-likeness (QED) is 0.271. The molecule has 0 fully saturated rings. The maximum absolute atomic E-state index is 10.9. The van der Waals surface area contributed by atoms with Gasteiger partial charge in [0.2, 0.25) is 0 Å². The van der Waals surface area contributed by atoms with Gasteiger partial charge in [-0.15, -0.1) is 0 Å². The zero-order valence-corrected chi connectivity index (χ0v) is 11.7. The summed E-state index contributed by atoms with van der Waals surface area (Å²) < 4.78 is 18.6. The minimum Gasteiger partial charge on any atom is -0.790 e. The molecular weight excluding hydrogens is 251 g/mol. The van der Waals surface area contributed by atoms with Gasteiger partial charge in [0.15, 0.2) is 0 Å². The zero-order chi connectivity index (χ0) is 11.4.